The van der Waals surface area contributed by atoms with E-state index < -0.39 is 5.82 Å². The van der Waals surface area contributed by atoms with E-state index in [4.69, 9.17) is 23.1 Å². The van der Waals surface area contributed by atoms with Crippen LogP contribution in [0.15, 0.2) is 35.3 Å². The van der Waals surface area contributed by atoms with Crippen molar-refractivity contribution in [2.45, 2.75) is 13.0 Å². The number of rotatable bonds is 5. The Balaban J connectivity index is 2.41. The van der Waals surface area contributed by atoms with Crippen molar-refractivity contribution < 1.29 is 4.39 Å². The Morgan fingerprint density at radius 1 is 1.42 bits per heavy atom. The third-order valence-electron chi connectivity index (χ3n) is 3.12. The molecule has 126 valence electrons. The summed E-state index contributed by atoms with van der Waals surface area (Å²) in [6, 6.07) is 2.80. The third-order valence-corrected chi connectivity index (χ3v) is 3.50. The van der Waals surface area contributed by atoms with Crippen LogP contribution in [0.1, 0.15) is 18.5 Å². The van der Waals surface area contributed by atoms with E-state index >= 15 is 0 Å². The van der Waals surface area contributed by atoms with Gasteiger partial charge in [0.15, 0.2) is 11.6 Å². The molecule has 0 fully saturated rings. The molecule has 0 radical (unpaired) electrons. The summed E-state index contributed by atoms with van der Waals surface area (Å²) in [7, 11) is 1.60. The molecular formula is C15H17ClFN7. The number of allylic oxidation sites excluding steroid dienone is 1. The second kappa shape index (κ2) is 7.80. The molecule has 0 aliphatic heterocycles. The van der Waals surface area contributed by atoms with Crippen LogP contribution in [0.2, 0.25) is 5.02 Å². The summed E-state index contributed by atoms with van der Waals surface area (Å²) in [5, 5.41) is 2.81. The average Bonchev–Trinajstić information content (AvgIpc) is 2.56. The van der Waals surface area contributed by atoms with Crippen molar-refractivity contribution in [3.63, 3.8) is 0 Å². The van der Waals surface area contributed by atoms with Crippen molar-refractivity contribution in [2.75, 3.05) is 12.4 Å². The molecule has 0 spiro atoms. The fraction of sp³-hybridized carbons (Fsp3) is 0.200. The predicted molar refractivity (Wildman–Crippen MR) is 93.1 cm³/mol. The van der Waals surface area contributed by atoms with E-state index in [-0.39, 0.29) is 28.4 Å². The van der Waals surface area contributed by atoms with Crippen LogP contribution < -0.4 is 16.8 Å². The molecule has 0 aliphatic carbocycles. The van der Waals surface area contributed by atoms with Crippen molar-refractivity contribution >= 4 is 23.8 Å². The maximum Gasteiger partial charge on any atom is 0.230 e. The van der Waals surface area contributed by atoms with E-state index in [9.17, 15) is 4.39 Å². The Morgan fingerprint density at radius 2 is 2.17 bits per heavy atom. The van der Waals surface area contributed by atoms with Crippen LogP contribution >= 0.6 is 11.6 Å². The average molecular weight is 350 g/mol. The number of nitrogens with one attached hydrogen (secondary N) is 1. The Labute approximate surface area is 143 Å². The second-order valence-corrected chi connectivity index (χ2v) is 5.26. The highest BCUT2D eigenvalue weighted by molar-refractivity contribution is 6.31. The Kier molecular flexibility index (Phi) is 5.78. The van der Waals surface area contributed by atoms with Crippen LogP contribution in [0.3, 0.4) is 0 Å². The summed E-state index contributed by atoms with van der Waals surface area (Å²) in [5.41, 5.74) is 12.4. The molecule has 7 nitrogen and oxygen atoms in total. The zero-order valence-corrected chi connectivity index (χ0v) is 13.9. The van der Waals surface area contributed by atoms with E-state index in [1.165, 1.54) is 24.8 Å². The molecule has 9 heteroatoms. The summed E-state index contributed by atoms with van der Waals surface area (Å²) in [6.45, 7) is 1.72. The van der Waals surface area contributed by atoms with Crippen LogP contribution in [0.25, 0.3) is 11.4 Å². The minimum atomic E-state index is -0.631. The molecule has 0 unspecified atom stereocenters. The molecular weight excluding hydrogens is 333 g/mol. The van der Waals surface area contributed by atoms with Gasteiger partial charge >= 0.3 is 0 Å². The van der Waals surface area contributed by atoms with Gasteiger partial charge in [0, 0.05) is 25.5 Å². The maximum atomic E-state index is 14.5. The van der Waals surface area contributed by atoms with Gasteiger partial charge in [-0.2, -0.15) is 4.98 Å². The van der Waals surface area contributed by atoms with Gasteiger partial charge < -0.3 is 16.8 Å². The van der Waals surface area contributed by atoms with Gasteiger partial charge in [0.05, 0.1) is 16.3 Å². The van der Waals surface area contributed by atoms with Crippen LogP contribution in [-0.2, 0) is 0 Å². The van der Waals surface area contributed by atoms with Gasteiger partial charge in [-0.1, -0.05) is 17.7 Å². The number of nitrogens with zero attached hydrogens (tertiary/aromatic N) is 4. The van der Waals surface area contributed by atoms with E-state index in [2.05, 4.69) is 25.3 Å². The quantitative estimate of drug-likeness (QED) is 0.713. The number of anilines is 1. The van der Waals surface area contributed by atoms with Crippen molar-refractivity contribution in [3.8, 4) is 11.4 Å². The molecule has 1 aromatic heterocycles. The molecule has 0 saturated carbocycles. The normalized spacial score (nSPS) is 13.3. The number of hydrogen-bond donors (Lipinski definition) is 3. The zero-order chi connectivity index (χ0) is 17.7. The van der Waals surface area contributed by atoms with Crippen LogP contribution in [0.5, 0.6) is 0 Å². The smallest absolute Gasteiger partial charge is 0.230 e. The van der Waals surface area contributed by atoms with Crippen LogP contribution in [0.4, 0.5) is 10.3 Å². The first-order chi connectivity index (χ1) is 11.5. The minimum absolute atomic E-state index is 0.0434. The Bertz CT molecular complexity index is 789. The first-order valence-corrected chi connectivity index (χ1v) is 7.39. The van der Waals surface area contributed by atoms with Crippen molar-refractivity contribution in [3.05, 3.63) is 46.8 Å². The molecule has 0 bridgehead atoms. The highest BCUT2D eigenvalue weighted by Gasteiger charge is 2.17. The fourth-order valence-corrected chi connectivity index (χ4v) is 2.30. The molecule has 1 atom stereocenters. The van der Waals surface area contributed by atoms with Gasteiger partial charge in [0.2, 0.25) is 5.95 Å². The number of hydrogen-bond acceptors (Lipinski definition) is 7. The number of benzene rings is 1. The summed E-state index contributed by atoms with van der Waals surface area (Å²) in [4.78, 5) is 16.0. The van der Waals surface area contributed by atoms with Gasteiger partial charge in [-0.05, 0) is 18.6 Å². The molecule has 0 saturated heterocycles. The maximum absolute atomic E-state index is 14.5. The lowest BCUT2D eigenvalue weighted by Crippen LogP contribution is -2.09. The highest BCUT2D eigenvalue weighted by Crippen LogP contribution is 2.31. The molecule has 0 amide bonds. The van der Waals surface area contributed by atoms with Gasteiger partial charge in [-0.25, -0.2) is 14.4 Å². The zero-order valence-electron chi connectivity index (χ0n) is 13.2. The van der Waals surface area contributed by atoms with Gasteiger partial charge in [-0.3, -0.25) is 4.99 Å². The lowest BCUT2D eigenvalue weighted by atomic mass is 10.1. The van der Waals surface area contributed by atoms with E-state index in [0.717, 1.165) is 0 Å². The first kappa shape index (κ1) is 17.8. The molecule has 2 rings (SSSR count). The molecule has 1 heterocycles. The van der Waals surface area contributed by atoms with Crippen molar-refractivity contribution in [1.29, 1.82) is 0 Å². The third kappa shape index (κ3) is 3.84. The summed E-state index contributed by atoms with van der Waals surface area (Å²) < 4.78 is 14.5. The van der Waals surface area contributed by atoms with Crippen LogP contribution in [-0.4, -0.2) is 28.2 Å². The number of aliphatic imine (C=N–C) groups is 1. The molecule has 5 N–H and O–H groups in total. The van der Waals surface area contributed by atoms with E-state index in [0.29, 0.717) is 11.3 Å². The SMILES string of the molecule is CN=CC(=CN)Nc1ncnc(-c2ccc([C@@H](C)N)c(Cl)c2F)n1. The summed E-state index contributed by atoms with van der Waals surface area (Å²) >= 11 is 6.05. The predicted octanol–water partition coefficient (Wildman–Crippen LogP) is 2.26. The standard InChI is InChI=1S/C15H17ClFN7/c1-8(19)10-3-4-11(13(17)12(10)16)14-21-7-22-15(24-14)23-9(5-18)6-20-2/h3-8H,18-19H2,1-2H3,(H,21,22,23,24)/t8-/m1/s1. The van der Waals surface area contributed by atoms with Gasteiger partial charge in [-0.15, -0.1) is 0 Å². The summed E-state index contributed by atoms with van der Waals surface area (Å²) in [6.07, 6.45) is 4.07. The Morgan fingerprint density at radius 3 is 2.79 bits per heavy atom. The van der Waals surface area contributed by atoms with E-state index in [1.807, 2.05) is 0 Å². The number of aromatic nitrogens is 3. The molecule has 2 aromatic rings. The molecule has 24 heavy (non-hydrogen) atoms. The van der Waals surface area contributed by atoms with E-state index in [1.54, 1.807) is 20.0 Å². The molecule has 1 aromatic carbocycles. The first-order valence-electron chi connectivity index (χ1n) is 7.01. The summed E-state index contributed by atoms with van der Waals surface area (Å²) in [5.74, 6) is -0.301. The van der Waals surface area contributed by atoms with Gasteiger partial charge in [0.25, 0.3) is 0 Å². The largest absolute Gasteiger partial charge is 0.403 e. The molecule has 0 aliphatic rings. The fourth-order valence-electron chi connectivity index (χ4n) is 1.96. The number of halogens is 2. The van der Waals surface area contributed by atoms with Crippen LogP contribution in [0, 0.1) is 5.82 Å². The number of nitrogens with two attached hydrogens (primary N) is 2. The minimum Gasteiger partial charge on any atom is -0.403 e. The van der Waals surface area contributed by atoms with Gasteiger partial charge in [0.1, 0.15) is 6.33 Å². The van der Waals surface area contributed by atoms with Crippen molar-refractivity contribution in [1.82, 2.24) is 15.0 Å². The monoisotopic (exact) mass is 349 g/mol. The Hall–Kier alpha value is -2.58. The topological polar surface area (TPSA) is 115 Å². The second-order valence-electron chi connectivity index (χ2n) is 4.89. The highest BCUT2D eigenvalue weighted by atomic mass is 35.5. The lowest BCUT2D eigenvalue weighted by molar-refractivity contribution is 0.625. The lowest BCUT2D eigenvalue weighted by Gasteiger charge is -2.12. The van der Waals surface area contributed by atoms with Crippen molar-refractivity contribution in [2.24, 2.45) is 16.5 Å².